The smallest absolute Gasteiger partial charge is 0.406 e. The highest BCUT2D eigenvalue weighted by atomic mass is 19.4. The van der Waals surface area contributed by atoms with Crippen molar-refractivity contribution >= 4 is 17.3 Å². The minimum absolute atomic E-state index is 0.143. The first-order valence-electron chi connectivity index (χ1n) is 7.45. The Morgan fingerprint density at radius 3 is 2.58 bits per heavy atom. The van der Waals surface area contributed by atoms with Crippen LogP contribution in [0, 0.1) is 5.82 Å². The SMILES string of the molecule is O=C(Nc1ccc(OC(F)(F)F)cc1)C1CC(c2cccc(F)c2)=NO1. The summed E-state index contributed by atoms with van der Waals surface area (Å²) in [5.41, 5.74) is 1.21. The molecule has 2 aromatic carbocycles. The molecule has 0 saturated carbocycles. The van der Waals surface area contributed by atoms with Crippen molar-refractivity contribution in [1.82, 2.24) is 0 Å². The molecule has 0 bridgehead atoms. The maximum absolute atomic E-state index is 13.2. The number of rotatable bonds is 4. The largest absolute Gasteiger partial charge is 0.573 e. The Morgan fingerprint density at radius 2 is 1.92 bits per heavy atom. The van der Waals surface area contributed by atoms with Crippen LogP contribution >= 0.6 is 0 Å². The van der Waals surface area contributed by atoms with E-state index < -0.39 is 29.9 Å². The van der Waals surface area contributed by atoms with Crippen LogP contribution in [0.2, 0.25) is 0 Å². The van der Waals surface area contributed by atoms with E-state index in [1.807, 2.05) is 0 Å². The van der Waals surface area contributed by atoms with Crippen LogP contribution in [0.1, 0.15) is 12.0 Å². The van der Waals surface area contributed by atoms with Gasteiger partial charge in [-0.2, -0.15) is 0 Å². The first kappa shape index (κ1) is 17.7. The van der Waals surface area contributed by atoms with Crippen molar-refractivity contribution in [2.75, 3.05) is 5.32 Å². The van der Waals surface area contributed by atoms with Crippen molar-refractivity contribution in [2.45, 2.75) is 18.9 Å². The molecule has 1 aliphatic heterocycles. The summed E-state index contributed by atoms with van der Waals surface area (Å²) in [5, 5.41) is 6.30. The topological polar surface area (TPSA) is 59.9 Å². The lowest BCUT2D eigenvalue weighted by molar-refractivity contribution is -0.274. The highest BCUT2D eigenvalue weighted by Crippen LogP contribution is 2.24. The van der Waals surface area contributed by atoms with E-state index in [2.05, 4.69) is 15.2 Å². The molecule has 0 spiro atoms. The number of carbonyl (C=O) groups excluding carboxylic acids is 1. The van der Waals surface area contributed by atoms with Crippen LogP contribution in [0.15, 0.2) is 53.7 Å². The van der Waals surface area contributed by atoms with Gasteiger partial charge in [0.2, 0.25) is 6.10 Å². The number of amides is 1. The van der Waals surface area contributed by atoms with E-state index >= 15 is 0 Å². The fraction of sp³-hybridized carbons (Fsp3) is 0.176. The molecule has 0 aliphatic carbocycles. The van der Waals surface area contributed by atoms with Crippen molar-refractivity contribution < 1.29 is 31.9 Å². The quantitative estimate of drug-likeness (QED) is 0.834. The van der Waals surface area contributed by atoms with Crippen LogP contribution in [0.3, 0.4) is 0 Å². The number of oxime groups is 1. The van der Waals surface area contributed by atoms with Crippen LogP contribution in [0.4, 0.5) is 23.2 Å². The summed E-state index contributed by atoms with van der Waals surface area (Å²) in [7, 11) is 0. The molecule has 0 saturated heterocycles. The van der Waals surface area contributed by atoms with Gasteiger partial charge >= 0.3 is 6.36 Å². The fourth-order valence-corrected chi connectivity index (χ4v) is 2.32. The molecule has 0 fully saturated rings. The lowest BCUT2D eigenvalue weighted by atomic mass is 10.0. The zero-order valence-corrected chi connectivity index (χ0v) is 13.1. The van der Waals surface area contributed by atoms with Gasteiger partial charge in [-0.1, -0.05) is 17.3 Å². The van der Waals surface area contributed by atoms with E-state index in [9.17, 15) is 22.4 Å². The predicted molar refractivity (Wildman–Crippen MR) is 84.2 cm³/mol. The molecule has 2 aromatic rings. The molecule has 0 aromatic heterocycles. The van der Waals surface area contributed by atoms with Gasteiger partial charge < -0.3 is 14.9 Å². The molecule has 1 N–H and O–H groups in total. The molecule has 1 heterocycles. The van der Waals surface area contributed by atoms with E-state index in [4.69, 9.17) is 4.84 Å². The van der Waals surface area contributed by atoms with Crippen molar-refractivity contribution in [1.29, 1.82) is 0 Å². The molecule has 136 valence electrons. The van der Waals surface area contributed by atoms with Gasteiger partial charge in [-0.05, 0) is 36.4 Å². The van der Waals surface area contributed by atoms with E-state index in [1.54, 1.807) is 6.07 Å². The first-order chi connectivity index (χ1) is 12.3. The van der Waals surface area contributed by atoms with E-state index in [0.29, 0.717) is 11.3 Å². The number of hydrogen-bond donors (Lipinski definition) is 1. The lowest BCUT2D eigenvalue weighted by Gasteiger charge is -2.11. The zero-order chi connectivity index (χ0) is 18.7. The van der Waals surface area contributed by atoms with Gasteiger partial charge in [-0.25, -0.2) is 4.39 Å². The normalized spacial score (nSPS) is 16.6. The number of carbonyl (C=O) groups is 1. The highest BCUT2D eigenvalue weighted by Gasteiger charge is 2.31. The molecule has 9 heteroatoms. The second-order valence-electron chi connectivity index (χ2n) is 5.41. The van der Waals surface area contributed by atoms with Crippen LogP contribution < -0.4 is 10.1 Å². The number of ether oxygens (including phenoxy) is 1. The maximum Gasteiger partial charge on any atom is 0.573 e. The predicted octanol–water partition coefficient (Wildman–Crippen LogP) is 3.86. The van der Waals surface area contributed by atoms with Crippen molar-refractivity contribution in [3.8, 4) is 5.75 Å². The summed E-state index contributed by atoms with van der Waals surface area (Å²) >= 11 is 0. The van der Waals surface area contributed by atoms with Gasteiger partial charge in [-0.3, -0.25) is 4.79 Å². The molecule has 1 amide bonds. The van der Waals surface area contributed by atoms with E-state index in [1.165, 1.54) is 30.3 Å². The van der Waals surface area contributed by atoms with Crippen LogP contribution in [-0.2, 0) is 9.63 Å². The second-order valence-corrected chi connectivity index (χ2v) is 5.41. The lowest BCUT2D eigenvalue weighted by Crippen LogP contribution is -2.28. The van der Waals surface area contributed by atoms with Crippen LogP contribution in [-0.4, -0.2) is 24.1 Å². The standard InChI is InChI=1S/C17H12F4N2O3/c18-11-3-1-2-10(8-11)14-9-15(26-23-14)16(24)22-12-4-6-13(7-5-12)25-17(19,20)21/h1-8,15H,9H2,(H,22,24). The summed E-state index contributed by atoms with van der Waals surface area (Å²) in [6.45, 7) is 0. The van der Waals surface area contributed by atoms with Crippen LogP contribution in [0.5, 0.6) is 5.75 Å². The third kappa shape index (κ3) is 4.50. The Balaban J connectivity index is 1.58. The maximum atomic E-state index is 13.2. The van der Waals surface area contributed by atoms with Crippen molar-refractivity contribution in [3.05, 3.63) is 59.9 Å². The Morgan fingerprint density at radius 1 is 1.19 bits per heavy atom. The van der Waals surface area contributed by atoms with Gasteiger partial charge in [0, 0.05) is 17.7 Å². The Bertz CT molecular complexity index is 835. The average molecular weight is 368 g/mol. The molecule has 1 atom stereocenters. The third-order valence-corrected chi connectivity index (χ3v) is 3.47. The van der Waals surface area contributed by atoms with Gasteiger partial charge in [0.15, 0.2) is 0 Å². The molecule has 5 nitrogen and oxygen atoms in total. The number of alkyl halides is 3. The van der Waals surface area contributed by atoms with Gasteiger partial charge in [0.05, 0.1) is 5.71 Å². The number of nitrogens with zero attached hydrogens (tertiary/aromatic N) is 1. The summed E-state index contributed by atoms with van der Waals surface area (Å²) in [6, 6.07) is 10.4. The van der Waals surface area contributed by atoms with Gasteiger partial charge in [0.1, 0.15) is 11.6 Å². The minimum Gasteiger partial charge on any atom is -0.406 e. The Labute approximate surface area is 145 Å². The summed E-state index contributed by atoms with van der Waals surface area (Å²) in [5.74, 6) is -1.35. The molecule has 1 aliphatic rings. The number of halogens is 4. The average Bonchev–Trinajstić information content (AvgIpc) is 3.05. The molecule has 0 radical (unpaired) electrons. The monoisotopic (exact) mass is 368 g/mol. The van der Waals surface area contributed by atoms with E-state index in [0.717, 1.165) is 12.1 Å². The Kier molecular flexibility index (Phi) is 4.79. The van der Waals surface area contributed by atoms with Crippen LogP contribution in [0.25, 0.3) is 0 Å². The van der Waals surface area contributed by atoms with Crippen molar-refractivity contribution in [3.63, 3.8) is 0 Å². The van der Waals surface area contributed by atoms with Gasteiger partial charge in [-0.15, -0.1) is 13.2 Å². The molecular weight excluding hydrogens is 356 g/mol. The summed E-state index contributed by atoms with van der Waals surface area (Å²) in [4.78, 5) is 17.2. The van der Waals surface area contributed by atoms with Crippen molar-refractivity contribution in [2.24, 2.45) is 5.16 Å². The highest BCUT2D eigenvalue weighted by molar-refractivity contribution is 6.06. The number of anilines is 1. The zero-order valence-electron chi connectivity index (χ0n) is 13.1. The molecular formula is C17H12F4N2O3. The summed E-state index contributed by atoms with van der Waals surface area (Å²) < 4.78 is 53.3. The Hall–Kier alpha value is -3.10. The number of hydrogen-bond acceptors (Lipinski definition) is 4. The first-order valence-corrected chi connectivity index (χ1v) is 7.45. The molecule has 3 rings (SSSR count). The number of nitrogens with one attached hydrogen (secondary N) is 1. The van der Waals surface area contributed by atoms with Gasteiger partial charge in [0.25, 0.3) is 5.91 Å². The third-order valence-electron chi connectivity index (χ3n) is 3.47. The second kappa shape index (κ2) is 7.03. The molecule has 1 unspecified atom stereocenters. The number of benzene rings is 2. The molecule has 26 heavy (non-hydrogen) atoms. The summed E-state index contributed by atoms with van der Waals surface area (Å²) in [6.07, 6.45) is -5.56. The minimum atomic E-state index is -4.78. The fourth-order valence-electron chi connectivity index (χ4n) is 2.32. The van der Waals surface area contributed by atoms with E-state index in [-0.39, 0.29) is 12.1 Å².